The third-order valence-electron chi connectivity index (χ3n) is 1.26. The van der Waals surface area contributed by atoms with Crippen LogP contribution >= 0.6 is 0 Å². The summed E-state index contributed by atoms with van der Waals surface area (Å²) in [6.45, 7) is 0. The maximum Gasteiger partial charge on any atom is 0.131 e. The van der Waals surface area contributed by atoms with E-state index in [1.807, 2.05) is 12.2 Å². The lowest BCUT2D eigenvalue weighted by Crippen LogP contribution is -2.11. The summed E-state index contributed by atoms with van der Waals surface area (Å²) in [5, 5.41) is 7.50. The molecule has 1 aliphatic carbocycles. The van der Waals surface area contributed by atoms with Gasteiger partial charge in [0.1, 0.15) is 25.6 Å². The number of nitrogens with zero attached hydrogens (tertiary/aromatic N) is 2. The van der Waals surface area contributed by atoms with Crippen LogP contribution in [0.2, 0.25) is 0 Å². The highest BCUT2D eigenvalue weighted by Crippen LogP contribution is 1.98. The second-order valence-corrected chi connectivity index (χ2v) is 2.04. The highest BCUT2D eigenvalue weighted by molar-refractivity contribution is 6.50. The van der Waals surface area contributed by atoms with E-state index in [1.54, 1.807) is 12.2 Å². The van der Waals surface area contributed by atoms with Crippen molar-refractivity contribution in [2.24, 2.45) is 10.3 Å². The average Bonchev–Trinajstić information content (AvgIpc) is 2.09. The fourth-order valence-corrected chi connectivity index (χ4v) is 0.815. The molecule has 0 unspecified atom stereocenters. The van der Waals surface area contributed by atoms with Gasteiger partial charge in [0.15, 0.2) is 0 Å². The van der Waals surface area contributed by atoms with E-state index in [4.69, 9.17) is 0 Å². The van der Waals surface area contributed by atoms with Gasteiger partial charge in [0.25, 0.3) is 0 Å². The Morgan fingerprint density at radius 3 is 1.67 bits per heavy atom. The van der Waals surface area contributed by atoms with Crippen molar-refractivity contribution in [2.45, 2.75) is 0 Å². The van der Waals surface area contributed by atoms with Gasteiger partial charge in [0, 0.05) is 0 Å². The maximum atomic E-state index is 4.62. The smallest absolute Gasteiger partial charge is 0.131 e. The Morgan fingerprint density at radius 2 is 1.33 bits per heavy atom. The zero-order valence-electron chi connectivity index (χ0n) is 7.02. The van der Waals surface area contributed by atoms with E-state index in [9.17, 15) is 0 Å². The highest BCUT2D eigenvalue weighted by atomic mass is 16.6. The largest absolute Gasteiger partial charge is 0.399 e. The first kappa shape index (κ1) is 8.52. The lowest BCUT2D eigenvalue weighted by molar-refractivity contribution is 0.210. The van der Waals surface area contributed by atoms with Crippen molar-refractivity contribution in [1.82, 2.24) is 0 Å². The molecule has 4 heteroatoms. The second-order valence-electron chi connectivity index (χ2n) is 2.04. The number of oxime groups is 2. The molecule has 0 aromatic heterocycles. The van der Waals surface area contributed by atoms with Gasteiger partial charge in [-0.2, -0.15) is 0 Å². The Labute approximate surface area is 70.8 Å². The van der Waals surface area contributed by atoms with Gasteiger partial charge < -0.3 is 9.68 Å². The van der Waals surface area contributed by atoms with Crippen molar-refractivity contribution in [2.75, 3.05) is 14.2 Å². The molecule has 0 radical (unpaired) electrons. The lowest BCUT2D eigenvalue weighted by atomic mass is 10.1. The zero-order valence-corrected chi connectivity index (χ0v) is 7.02. The summed E-state index contributed by atoms with van der Waals surface area (Å²) in [6, 6.07) is 0. The Morgan fingerprint density at radius 1 is 0.917 bits per heavy atom. The first-order valence-electron chi connectivity index (χ1n) is 3.46. The molecule has 1 rings (SSSR count). The van der Waals surface area contributed by atoms with Crippen LogP contribution in [-0.2, 0) is 9.68 Å². The molecule has 64 valence electrons. The molecule has 0 spiro atoms. The third kappa shape index (κ3) is 1.95. The molecule has 4 nitrogen and oxygen atoms in total. The molecule has 0 N–H and O–H groups in total. The fourth-order valence-electron chi connectivity index (χ4n) is 0.815. The SMILES string of the molecule is CON=C1C=CC=CC1=NOC. The first-order valence-corrected chi connectivity index (χ1v) is 3.46. The maximum absolute atomic E-state index is 4.62. The van der Waals surface area contributed by atoms with Crippen LogP contribution in [-0.4, -0.2) is 25.6 Å². The van der Waals surface area contributed by atoms with E-state index in [0.717, 1.165) is 0 Å². The minimum absolute atomic E-state index is 0.654. The predicted octanol–water partition coefficient (Wildman–Crippen LogP) is 1.12. The van der Waals surface area contributed by atoms with E-state index in [2.05, 4.69) is 20.0 Å². The quantitative estimate of drug-likeness (QED) is 0.455. The van der Waals surface area contributed by atoms with Crippen LogP contribution in [0.25, 0.3) is 0 Å². The van der Waals surface area contributed by atoms with Gasteiger partial charge in [0.05, 0.1) is 0 Å². The zero-order chi connectivity index (χ0) is 8.81. The van der Waals surface area contributed by atoms with Crippen molar-refractivity contribution in [3.05, 3.63) is 24.3 Å². The van der Waals surface area contributed by atoms with E-state index in [0.29, 0.717) is 11.4 Å². The average molecular weight is 166 g/mol. The summed E-state index contributed by atoms with van der Waals surface area (Å²) in [5.41, 5.74) is 1.31. The van der Waals surface area contributed by atoms with E-state index < -0.39 is 0 Å². The Balaban J connectivity index is 2.85. The van der Waals surface area contributed by atoms with Gasteiger partial charge in [-0.15, -0.1) is 0 Å². The molecule has 0 amide bonds. The molecular weight excluding hydrogens is 156 g/mol. The molecule has 0 aliphatic heterocycles. The van der Waals surface area contributed by atoms with Crippen molar-refractivity contribution >= 4 is 11.4 Å². The summed E-state index contributed by atoms with van der Waals surface area (Å²) in [4.78, 5) is 9.25. The van der Waals surface area contributed by atoms with Crippen LogP contribution in [0.1, 0.15) is 0 Å². The minimum Gasteiger partial charge on any atom is -0.399 e. The molecule has 0 bridgehead atoms. The van der Waals surface area contributed by atoms with Crippen LogP contribution in [0, 0.1) is 0 Å². The van der Waals surface area contributed by atoms with Crippen molar-refractivity contribution in [1.29, 1.82) is 0 Å². The van der Waals surface area contributed by atoms with Crippen molar-refractivity contribution < 1.29 is 9.68 Å². The van der Waals surface area contributed by atoms with Crippen LogP contribution < -0.4 is 0 Å². The van der Waals surface area contributed by atoms with Crippen molar-refractivity contribution in [3.63, 3.8) is 0 Å². The van der Waals surface area contributed by atoms with Gasteiger partial charge in [-0.05, 0) is 12.2 Å². The predicted molar refractivity (Wildman–Crippen MR) is 47.2 cm³/mol. The molecule has 0 fully saturated rings. The Bertz CT molecular complexity index is 236. The van der Waals surface area contributed by atoms with Gasteiger partial charge in [-0.1, -0.05) is 22.5 Å². The molecule has 0 aromatic carbocycles. The number of hydrogen-bond donors (Lipinski definition) is 0. The van der Waals surface area contributed by atoms with Crippen LogP contribution in [0.15, 0.2) is 34.6 Å². The van der Waals surface area contributed by atoms with Gasteiger partial charge >= 0.3 is 0 Å². The van der Waals surface area contributed by atoms with Crippen molar-refractivity contribution in [3.8, 4) is 0 Å². The molecule has 0 saturated carbocycles. The molecule has 12 heavy (non-hydrogen) atoms. The van der Waals surface area contributed by atoms with E-state index in [1.165, 1.54) is 14.2 Å². The van der Waals surface area contributed by atoms with Gasteiger partial charge in [-0.25, -0.2) is 0 Å². The highest BCUT2D eigenvalue weighted by Gasteiger charge is 2.06. The fraction of sp³-hybridized carbons (Fsp3) is 0.250. The topological polar surface area (TPSA) is 43.2 Å². The Hall–Kier alpha value is -1.58. The second kappa shape index (κ2) is 4.33. The van der Waals surface area contributed by atoms with Crippen LogP contribution in [0.4, 0.5) is 0 Å². The lowest BCUT2D eigenvalue weighted by Gasteiger charge is -2.02. The summed E-state index contributed by atoms with van der Waals surface area (Å²) in [6.07, 6.45) is 7.29. The molecule has 0 aromatic rings. The summed E-state index contributed by atoms with van der Waals surface area (Å²) in [7, 11) is 2.98. The van der Waals surface area contributed by atoms with Crippen LogP contribution in [0.3, 0.4) is 0 Å². The van der Waals surface area contributed by atoms with E-state index >= 15 is 0 Å². The molecule has 1 aliphatic rings. The van der Waals surface area contributed by atoms with Gasteiger partial charge in [0.2, 0.25) is 0 Å². The number of hydrogen-bond acceptors (Lipinski definition) is 4. The molecular formula is C8H10N2O2. The molecule has 0 heterocycles. The van der Waals surface area contributed by atoms with E-state index in [-0.39, 0.29) is 0 Å². The molecule has 0 saturated heterocycles. The standard InChI is InChI=1S/C8H10N2O2/c1-11-9-7-5-3-4-6-8(7)10-12-2/h3-6H,1-2H3. The van der Waals surface area contributed by atoms with Crippen LogP contribution in [0.5, 0.6) is 0 Å². The third-order valence-corrected chi connectivity index (χ3v) is 1.26. The number of rotatable bonds is 2. The molecule has 0 atom stereocenters. The normalized spacial score (nSPS) is 21.8. The summed E-state index contributed by atoms with van der Waals surface area (Å²) < 4.78 is 0. The summed E-state index contributed by atoms with van der Waals surface area (Å²) in [5.74, 6) is 0. The monoisotopic (exact) mass is 166 g/mol. The summed E-state index contributed by atoms with van der Waals surface area (Å²) >= 11 is 0. The Kier molecular flexibility index (Phi) is 3.07. The van der Waals surface area contributed by atoms with Gasteiger partial charge in [-0.3, -0.25) is 0 Å². The minimum atomic E-state index is 0.654. The first-order chi connectivity index (χ1) is 5.88. The number of allylic oxidation sites excluding steroid dienone is 4.